The first-order valence-electron chi connectivity index (χ1n) is 6.13. The molecule has 1 atom stereocenters. The van der Waals surface area contributed by atoms with Crippen LogP contribution in [-0.2, 0) is 19.1 Å². The lowest BCUT2D eigenvalue weighted by Crippen LogP contribution is -2.36. The number of ether oxygens (including phenoxy) is 1. The van der Waals surface area contributed by atoms with Crippen molar-refractivity contribution in [1.82, 2.24) is 0 Å². The van der Waals surface area contributed by atoms with E-state index in [2.05, 4.69) is 6.58 Å². The van der Waals surface area contributed by atoms with Gasteiger partial charge in [0.1, 0.15) is 11.5 Å². The Hall–Kier alpha value is -1.85. The van der Waals surface area contributed by atoms with Gasteiger partial charge < -0.3 is 14.9 Å². The summed E-state index contributed by atoms with van der Waals surface area (Å²) in [6.45, 7) is 4.41. The minimum Gasteiger partial charge on any atom is -0.481 e. The van der Waals surface area contributed by atoms with Crippen molar-refractivity contribution in [3.63, 3.8) is 0 Å². The van der Waals surface area contributed by atoms with Crippen LogP contribution in [-0.4, -0.2) is 34.2 Å². The van der Waals surface area contributed by atoms with Crippen LogP contribution < -0.4 is 0 Å². The zero-order chi connectivity index (χ0) is 14.6. The Morgan fingerprint density at radius 1 is 1.26 bits per heavy atom. The second-order valence-electron chi connectivity index (χ2n) is 4.99. The normalized spacial score (nSPS) is 18.6. The Bertz CT molecular complexity index is 407. The highest BCUT2D eigenvalue weighted by Crippen LogP contribution is 2.32. The minimum atomic E-state index is -1.85. The number of esters is 1. The molecule has 1 saturated carbocycles. The average Bonchev–Trinajstić information content (AvgIpc) is 2.79. The highest BCUT2D eigenvalue weighted by atomic mass is 16.5. The molecule has 1 unspecified atom stereocenters. The van der Waals surface area contributed by atoms with Gasteiger partial charge in [0.25, 0.3) is 0 Å². The van der Waals surface area contributed by atoms with E-state index in [1.54, 1.807) is 0 Å². The number of carbonyl (C=O) groups excluding carboxylic acids is 1. The van der Waals surface area contributed by atoms with Crippen molar-refractivity contribution in [2.24, 2.45) is 5.41 Å². The van der Waals surface area contributed by atoms with Crippen molar-refractivity contribution < 1.29 is 29.3 Å². The third-order valence-corrected chi connectivity index (χ3v) is 3.49. The third-order valence-electron chi connectivity index (χ3n) is 3.49. The molecule has 0 bridgehead atoms. The van der Waals surface area contributed by atoms with Gasteiger partial charge in [-0.1, -0.05) is 6.58 Å². The molecular weight excluding hydrogens is 252 g/mol. The first-order chi connectivity index (χ1) is 8.77. The van der Waals surface area contributed by atoms with E-state index in [0.717, 1.165) is 25.7 Å². The Morgan fingerprint density at radius 3 is 2.21 bits per heavy atom. The summed E-state index contributed by atoms with van der Waals surface area (Å²) in [5, 5.41) is 18.0. The lowest BCUT2D eigenvalue weighted by Gasteiger charge is -2.24. The van der Waals surface area contributed by atoms with E-state index >= 15 is 0 Å². The zero-order valence-electron chi connectivity index (χ0n) is 10.8. The molecule has 0 heterocycles. The summed E-state index contributed by atoms with van der Waals surface area (Å²) in [7, 11) is 0. The SMILES string of the molecule is C=C(C(=O)O)C(C)(CC(=O)OC1CCCC1)C(=O)O. The largest absolute Gasteiger partial charge is 0.481 e. The first-order valence-corrected chi connectivity index (χ1v) is 6.13. The molecular formula is C13H18O6. The lowest BCUT2D eigenvalue weighted by atomic mass is 9.80. The quantitative estimate of drug-likeness (QED) is 0.561. The summed E-state index contributed by atoms with van der Waals surface area (Å²) in [6, 6.07) is 0. The molecule has 1 aliphatic rings. The third kappa shape index (κ3) is 3.56. The summed E-state index contributed by atoms with van der Waals surface area (Å²) < 4.78 is 5.15. The molecule has 0 aromatic rings. The smallest absolute Gasteiger partial charge is 0.332 e. The van der Waals surface area contributed by atoms with Crippen molar-refractivity contribution in [2.45, 2.75) is 45.1 Å². The van der Waals surface area contributed by atoms with E-state index in [4.69, 9.17) is 14.9 Å². The van der Waals surface area contributed by atoms with Crippen molar-refractivity contribution in [3.8, 4) is 0 Å². The lowest BCUT2D eigenvalue weighted by molar-refractivity contribution is -0.159. The van der Waals surface area contributed by atoms with Gasteiger partial charge in [-0.25, -0.2) is 4.79 Å². The fraction of sp³-hybridized carbons (Fsp3) is 0.615. The van der Waals surface area contributed by atoms with Crippen LogP contribution in [0.4, 0.5) is 0 Å². The summed E-state index contributed by atoms with van der Waals surface area (Å²) in [5.41, 5.74) is -2.37. The number of carboxylic acid groups (broad SMARTS) is 2. The Balaban J connectivity index is 2.72. The van der Waals surface area contributed by atoms with Crippen LogP contribution in [0.3, 0.4) is 0 Å². The average molecular weight is 270 g/mol. The van der Waals surface area contributed by atoms with Crippen molar-refractivity contribution in [1.29, 1.82) is 0 Å². The van der Waals surface area contributed by atoms with Gasteiger partial charge >= 0.3 is 17.9 Å². The molecule has 0 spiro atoms. The van der Waals surface area contributed by atoms with Crippen LogP contribution in [0.5, 0.6) is 0 Å². The maximum atomic E-state index is 11.7. The molecule has 0 aliphatic heterocycles. The molecule has 19 heavy (non-hydrogen) atoms. The van der Waals surface area contributed by atoms with E-state index in [0.29, 0.717) is 0 Å². The number of hydrogen-bond acceptors (Lipinski definition) is 4. The van der Waals surface area contributed by atoms with E-state index < -0.39 is 35.3 Å². The molecule has 0 amide bonds. The molecule has 0 radical (unpaired) electrons. The minimum absolute atomic E-state index is 0.177. The number of aliphatic carboxylic acids is 2. The highest BCUT2D eigenvalue weighted by Gasteiger charge is 2.42. The summed E-state index contributed by atoms with van der Waals surface area (Å²) in [4.78, 5) is 33.8. The second kappa shape index (κ2) is 5.86. The predicted molar refractivity (Wildman–Crippen MR) is 65.5 cm³/mol. The van der Waals surface area contributed by atoms with Crippen LogP contribution in [0.1, 0.15) is 39.0 Å². The van der Waals surface area contributed by atoms with E-state index in [-0.39, 0.29) is 6.10 Å². The number of hydrogen-bond donors (Lipinski definition) is 2. The molecule has 1 aliphatic carbocycles. The molecule has 1 rings (SSSR count). The molecule has 106 valence electrons. The van der Waals surface area contributed by atoms with Gasteiger partial charge in [0.2, 0.25) is 0 Å². The number of carbonyl (C=O) groups is 3. The summed E-state index contributed by atoms with van der Waals surface area (Å²) >= 11 is 0. The maximum Gasteiger partial charge on any atom is 0.332 e. The molecule has 1 fully saturated rings. The fourth-order valence-electron chi connectivity index (χ4n) is 2.07. The Kier molecular flexibility index (Phi) is 4.69. The van der Waals surface area contributed by atoms with Gasteiger partial charge in [0.05, 0.1) is 6.42 Å². The maximum absolute atomic E-state index is 11.7. The van der Waals surface area contributed by atoms with Gasteiger partial charge in [-0.05, 0) is 32.6 Å². The molecule has 0 aromatic carbocycles. The monoisotopic (exact) mass is 270 g/mol. The second-order valence-corrected chi connectivity index (χ2v) is 4.99. The van der Waals surface area contributed by atoms with Crippen molar-refractivity contribution >= 4 is 17.9 Å². The van der Waals surface area contributed by atoms with Gasteiger partial charge in [-0.15, -0.1) is 0 Å². The molecule has 2 N–H and O–H groups in total. The molecule has 0 saturated heterocycles. The molecule has 0 aromatic heterocycles. The standard InChI is InChI=1S/C13H18O6/c1-8(11(15)16)13(2,12(17)18)7-10(14)19-9-5-3-4-6-9/h9H,1,3-7H2,2H3,(H,15,16)(H,17,18). The zero-order valence-corrected chi connectivity index (χ0v) is 10.8. The summed E-state index contributed by atoms with van der Waals surface area (Å²) in [5.74, 6) is -3.53. The van der Waals surface area contributed by atoms with Crippen LogP contribution in [0.15, 0.2) is 12.2 Å². The number of rotatable bonds is 6. The van der Waals surface area contributed by atoms with Crippen LogP contribution in [0.25, 0.3) is 0 Å². The van der Waals surface area contributed by atoms with Crippen molar-refractivity contribution in [2.75, 3.05) is 0 Å². The Labute approximate surface area is 111 Å². The molecule has 6 heteroatoms. The van der Waals surface area contributed by atoms with E-state index in [1.807, 2.05) is 0 Å². The van der Waals surface area contributed by atoms with Gasteiger partial charge in [0, 0.05) is 5.57 Å². The van der Waals surface area contributed by atoms with Crippen molar-refractivity contribution in [3.05, 3.63) is 12.2 Å². The first kappa shape index (κ1) is 15.2. The Morgan fingerprint density at radius 2 is 1.79 bits per heavy atom. The van der Waals surface area contributed by atoms with Crippen LogP contribution >= 0.6 is 0 Å². The van der Waals surface area contributed by atoms with Gasteiger partial charge in [-0.3, -0.25) is 9.59 Å². The van der Waals surface area contributed by atoms with E-state index in [1.165, 1.54) is 6.92 Å². The van der Waals surface area contributed by atoms with Crippen LogP contribution in [0.2, 0.25) is 0 Å². The topological polar surface area (TPSA) is 101 Å². The van der Waals surface area contributed by atoms with Crippen LogP contribution in [0, 0.1) is 5.41 Å². The summed E-state index contributed by atoms with van der Waals surface area (Å²) in [6.07, 6.45) is 2.81. The van der Waals surface area contributed by atoms with E-state index in [9.17, 15) is 14.4 Å². The van der Waals surface area contributed by atoms with Gasteiger partial charge in [-0.2, -0.15) is 0 Å². The fourth-order valence-corrected chi connectivity index (χ4v) is 2.07. The van der Waals surface area contributed by atoms with Gasteiger partial charge in [0.15, 0.2) is 0 Å². The predicted octanol–water partition coefficient (Wildman–Crippen LogP) is 1.59. The number of carboxylic acids is 2. The molecule has 6 nitrogen and oxygen atoms in total. The highest BCUT2D eigenvalue weighted by molar-refractivity contribution is 5.97.